The van der Waals surface area contributed by atoms with Gasteiger partial charge in [-0.1, -0.05) is 18.2 Å². The van der Waals surface area contributed by atoms with Crippen LogP contribution in [0.3, 0.4) is 0 Å². The number of likely N-dealkylation sites (tertiary alicyclic amines) is 1. The summed E-state index contributed by atoms with van der Waals surface area (Å²) in [4.78, 5) is 14.1. The minimum Gasteiger partial charge on any atom is -0.444 e. The zero-order chi connectivity index (χ0) is 14.3. The molecule has 3 rings (SSSR count). The molecule has 1 aromatic carbocycles. The highest BCUT2D eigenvalue weighted by Crippen LogP contribution is 2.40. The van der Waals surface area contributed by atoms with Gasteiger partial charge in [-0.15, -0.1) is 0 Å². The van der Waals surface area contributed by atoms with Crippen molar-refractivity contribution in [2.24, 2.45) is 5.92 Å². The lowest BCUT2D eigenvalue weighted by Crippen LogP contribution is -2.35. The standard InChI is InChI=1S/C16H22N2O2/c1-16(2,3)20-15(19)18-9-11-8-17-14-7-5-4-6-12(14)13(11)10-18/h4-7,11,13,17H,8-10H2,1-3H3/t11-,13-/m1/s1. The highest BCUT2D eigenvalue weighted by atomic mass is 16.6. The number of benzene rings is 1. The normalized spacial score (nSPS) is 24.6. The zero-order valence-electron chi connectivity index (χ0n) is 12.3. The second-order valence-electron chi connectivity index (χ2n) is 6.72. The number of rotatable bonds is 0. The van der Waals surface area contributed by atoms with E-state index in [2.05, 4.69) is 23.5 Å². The second-order valence-corrected chi connectivity index (χ2v) is 6.72. The van der Waals surface area contributed by atoms with Crippen LogP contribution >= 0.6 is 0 Å². The number of ether oxygens (including phenoxy) is 1. The molecule has 1 aromatic rings. The van der Waals surface area contributed by atoms with E-state index in [1.165, 1.54) is 11.3 Å². The fourth-order valence-electron chi connectivity index (χ4n) is 3.13. The maximum Gasteiger partial charge on any atom is 0.410 e. The molecule has 1 saturated heterocycles. The van der Waals surface area contributed by atoms with Gasteiger partial charge >= 0.3 is 6.09 Å². The molecule has 0 unspecified atom stereocenters. The minimum absolute atomic E-state index is 0.190. The van der Waals surface area contributed by atoms with Crippen LogP contribution in [0.4, 0.5) is 10.5 Å². The van der Waals surface area contributed by atoms with Gasteiger partial charge < -0.3 is 15.0 Å². The van der Waals surface area contributed by atoms with E-state index in [1.807, 2.05) is 31.7 Å². The highest BCUT2D eigenvalue weighted by molar-refractivity contribution is 5.69. The zero-order valence-corrected chi connectivity index (χ0v) is 12.3. The van der Waals surface area contributed by atoms with Crippen LogP contribution in [0.15, 0.2) is 24.3 Å². The Morgan fingerprint density at radius 2 is 2.05 bits per heavy atom. The van der Waals surface area contributed by atoms with Crippen LogP contribution in [0.25, 0.3) is 0 Å². The Balaban J connectivity index is 1.75. The largest absolute Gasteiger partial charge is 0.444 e. The Kier molecular flexibility index (Phi) is 3.11. The topological polar surface area (TPSA) is 41.6 Å². The number of nitrogens with one attached hydrogen (secondary N) is 1. The Morgan fingerprint density at radius 1 is 1.30 bits per heavy atom. The van der Waals surface area contributed by atoms with E-state index in [1.54, 1.807) is 0 Å². The molecule has 4 nitrogen and oxygen atoms in total. The number of nitrogens with zero attached hydrogens (tertiary/aromatic N) is 1. The first-order valence-corrected chi connectivity index (χ1v) is 7.25. The third-order valence-electron chi connectivity index (χ3n) is 4.01. The number of anilines is 1. The van der Waals surface area contributed by atoms with E-state index >= 15 is 0 Å². The van der Waals surface area contributed by atoms with Crippen LogP contribution < -0.4 is 5.32 Å². The average Bonchev–Trinajstić information content (AvgIpc) is 2.81. The molecular formula is C16H22N2O2. The molecular weight excluding hydrogens is 252 g/mol. The van der Waals surface area contributed by atoms with Crippen molar-refractivity contribution in [3.05, 3.63) is 29.8 Å². The van der Waals surface area contributed by atoms with Gasteiger partial charge in [0, 0.05) is 37.2 Å². The molecule has 1 amide bonds. The summed E-state index contributed by atoms with van der Waals surface area (Å²) in [5, 5.41) is 3.46. The van der Waals surface area contributed by atoms with Crippen molar-refractivity contribution >= 4 is 11.8 Å². The van der Waals surface area contributed by atoms with Crippen molar-refractivity contribution in [3.63, 3.8) is 0 Å². The SMILES string of the molecule is CC(C)(C)OC(=O)N1C[C@H]2CNc3ccccc3[C@@H]2C1. The number of hydrogen-bond acceptors (Lipinski definition) is 3. The van der Waals surface area contributed by atoms with E-state index in [9.17, 15) is 4.79 Å². The second kappa shape index (κ2) is 4.69. The lowest BCUT2D eigenvalue weighted by Gasteiger charge is -2.28. The van der Waals surface area contributed by atoms with Gasteiger partial charge in [-0.05, 0) is 32.4 Å². The first-order chi connectivity index (χ1) is 9.44. The Bertz CT molecular complexity index is 521. The lowest BCUT2D eigenvalue weighted by molar-refractivity contribution is 0.0287. The maximum absolute atomic E-state index is 12.2. The summed E-state index contributed by atoms with van der Waals surface area (Å²) < 4.78 is 5.48. The summed E-state index contributed by atoms with van der Waals surface area (Å²) >= 11 is 0. The predicted octanol–water partition coefficient (Wildman–Crippen LogP) is 3.06. The molecule has 2 aliphatic heterocycles. The van der Waals surface area contributed by atoms with Crippen LogP contribution in [0.5, 0.6) is 0 Å². The fourth-order valence-corrected chi connectivity index (χ4v) is 3.13. The van der Waals surface area contributed by atoms with Crippen LogP contribution in [-0.4, -0.2) is 36.2 Å². The summed E-state index contributed by atoms with van der Waals surface area (Å²) in [5.74, 6) is 0.914. The van der Waals surface area contributed by atoms with E-state index in [0.717, 1.165) is 19.6 Å². The van der Waals surface area contributed by atoms with Crippen molar-refractivity contribution in [1.29, 1.82) is 0 Å². The molecule has 0 saturated carbocycles. The molecule has 1 N–H and O–H groups in total. The highest BCUT2D eigenvalue weighted by Gasteiger charge is 2.40. The van der Waals surface area contributed by atoms with Gasteiger partial charge in [0.15, 0.2) is 0 Å². The number of carbonyl (C=O) groups excluding carboxylic acids is 1. The third-order valence-corrected chi connectivity index (χ3v) is 4.01. The number of amides is 1. The van der Waals surface area contributed by atoms with Gasteiger partial charge in [0.1, 0.15) is 5.60 Å². The van der Waals surface area contributed by atoms with E-state index in [0.29, 0.717) is 11.8 Å². The van der Waals surface area contributed by atoms with Crippen LogP contribution in [0.2, 0.25) is 0 Å². The number of fused-ring (bicyclic) bond motifs is 3. The smallest absolute Gasteiger partial charge is 0.410 e. The van der Waals surface area contributed by atoms with Crippen LogP contribution in [-0.2, 0) is 4.74 Å². The third kappa shape index (κ3) is 2.47. The van der Waals surface area contributed by atoms with Crippen molar-refractivity contribution in [3.8, 4) is 0 Å². The molecule has 0 aliphatic carbocycles. The first kappa shape index (κ1) is 13.3. The molecule has 0 radical (unpaired) electrons. The molecule has 0 aromatic heterocycles. The minimum atomic E-state index is -0.430. The molecule has 2 heterocycles. The Morgan fingerprint density at radius 3 is 2.80 bits per heavy atom. The van der Waals surface area contributed by atoms with Crippen molar-refractivity contribution in [2.75, 3.05) is 25.0 Å². The summed E-state index contributed by atoms with van der Waals surface area (Å²) in [5.41, 5.74) is 2.11. The molecule has 20 heavy (non-hydrogen) atoms. The van der Waals surface area contributed by atoms with Crippen molar-refractivity contribution in [1.82, 2.24) is 4.90 Å². The Labute approximate surface area is 120 Å². The first-order valence-electron chi connectivity index (χ1n) is 7.25. The number of carbonyl (C=O) groups is 1. The summed E-state index contributed by atoms with van der Waals surface area (Å²) in [6.07, 6.45) is -0.190. The summed E-state index contributed by atoms with van der Waals surface area (Å²) in [7, 11) is 0. The summed E-state index contributed by atoms with van der Waals surface area (Å²) in [6, 6.07) is 8.39. The molecule has 1 fully saturated rings. The summed E-state index contributed by atoms with van der Waals surface area (Å²) in [6.45, 7) is 8.20. The van der Waals surface area contributed by atoms with E-state index in [-0.39, 0.29) is 6.09 Å². The quantitative estimate of drug-likeness (QED) is 0.790. The Hall–Kier alpha value is -1.71. The predicted molar refractivity (Wildman–Crippen MR) is 79.0 cm³/mol. The molecule has 0 bridgehead atoms. The van der Waals surface area contributed by atoms with Gasteiger partial charge in [0.25, 0.3) is 0 Å². The van der Waals surface area contributed by atoms with E-state index in [4.69, 9.17) is 4.74 Å². The van der Waals surface area contributed by atoms with Gasteiger partial charge in [-0.3, -0.25) is 0 Å². The molecule has 0 spiro atoms. The van der Waals surface area contributed by atoms with Crippen LogP contribution in [0, 0.1) is 5.92 Å². The lowest BCUT2D eigenvalue weighted by atomic mass is 9.85. The molecule has 2 aliphatic rings. The average molecular weight is 274 g/mol. The van der Waals surface area contributed by atoms with Crippen LogP contribution in [0.1, 0.15) is 32.3 Å². The van der Waals surface area contributed by atoms with Gasteiger partial charge in [0.2, 0.25) is 0 Å². The van der Waals surface area contributed by atoms with E-state index < -0.39 is 5.60 Å². The number of para-hydroxylation sites is 1. The van der Waals surface area contributed by atoms with Gasteiger partial charge in [-0.2, -0.15) is 0 Å². The van der Waals surface area contributed by atoms with Gasteiger partial charge in [0.05, 0.1) is 0 Å². The van der Waals surface area contributed by atoms with Gasteiger partial charge in [-0.25, -0.2) is 4.79 Å². The van der Waals surface area contributed by atoms with Crippen molar-refractivity contribution in [2.45, 2.75) is 32.3 Å². The molecule has 4 heteroatoms. The number of hydrogen-bond donors (Lipinski definition) is 1. The fraction of sp³-hybridized carbons (Fsp3) is 0.562. The molecule has 2 atom stereocenters. The monoisotopic (exact) mass is 274 g/mol. The molecule has 108 valence electrons. The van der Waals surface area contributed by atoms with Crippen molar-refractivity contribution < 1.29 is 9.53 Å². The maximum atomic E-state index is 12.2.